The van der Waals surface area contributed by atoms with Gasteiger partial charge in [0, 0.05) is 32.0 Å². The van der Waals surface area contributed by atoms with E-state index >= 15 is 0 Å². The molecule has 0 aliphatic heterocycles. The molecule has 0 aliphatic rings. The summed E-state index contributed by atoms with van der Waals surface area (Å²) in [6.45, 7) is 11.8. The third-order valence-corrected chi connectivity index (χ3v) is 8.18. The summed E-state index contributed by atoms with van der Waals surface area (Å²) in [6.07, 6.45) is -4.18. The van der Waals surface area contributed by atoms with Crippen molar-refractivity contribution < 1.29 is 92.0 Å². The van der Waals surface area contributed by atoms with Gasteiger partial charge in [0.05, 0.1) is 184 Å². The fourth-order valence-corrected chi connectivity index (χ4v) is 4.69. The highest BCUT2D eigenvalue weighted by molar-refractivity contribution is 5.76. The lowest BCUT2D eigenvalue weighted by atomic mass is 10.0. The van der Waals surface area contributed by atoms with Gasteiger partial charge in [-0.25, -0.2) is 4.68 Å². The number of aliphatic hydroxyl groups is 5. The van der Waals surface area contributed by atoms with Crippen LogP contribution in [-0.4, -0.2) is 248 Å². The van der Waals surface area contributed by atoms with Crippen LogP contribution < -0.4 is 5.32 Å². The molecule has 0 aliphatic carbocycles. The second-order valence-electron chi connectivity index (χ2n) is 13.4. The lowest BCUT2D eigenvalue weighted by Gasteiger charge is -2.25. The number of carbonyl (C=O) groups is 2. The van der Waals surface area contributed by atoms with E-state index in [1.165, 1.54) is 0 Å². The van der Waals surface area contributed by atoms with Crippen LogP contribution in [0, 0.1) is 0 Å². The highest BCUT2D eigenvalue weighted by Gasteiger charge is 2.30. The molecule has 1 aromatic heterocycles. The quantitative estimate of drug-likeness (QED) is 0.0354. The van der Waals surface area contributed by atoms with Crippen LogP contribution in [0.5, 0.6) is 0 Å². The number of aryl methyl sites for hydroxylation is 1. The Bertz CT molecular complexity index is 1160. The van der Waals surface area contributed by atoms with Crippen molar-refractivity contribution in [2.24, 2.45) is 0 Å². The number of aromatic nitrogens is 3. The minimum Gasteiger partial charge on any atom is -0.394 e. The van der Waals surface area contributed by atoms with Crippen molar-refractivity contribution in [2.75, 3.05) is 172 Å². The van der Waals surface area contributed by atoms with Gasteiger partial charge >= 0.3 is 0 Å². The number of rotatable bonds is 48. The zero-order chi connectivity index (χ0) is 45.1. The molecule has 0 spiro atoms. The van der Waals surface area contributed by atoms with E-state index in [0.29, 0.717) is 184 Å². The molecule has 6 N–H and O–H groups in total. The number of amides is 1. The van der Waals surface area contributed by atoms with Crippen LogP contribution in [0.25, 0.3) is 0 Å². The van der Waals surface area contributed by atoms with Crippen LogP contribution in [0.1, 0.15) is 25.5 Å². The Labute approximate surface area is 364 Å². The van der Waals surface area contributed by atoms with Crippen molar-refractivity contribution in [1.82, 2.24) is 20.3 Å². The van der Waals surface area contributed by atoms with Crippen molar-refractivity contribution >= 4 is 11.7 Å². The summed E-state index contributed by atoms with van der Waals surface area (Å²) in [5.74, 6) is -0.298. The third kappa shape index (κ3) is 36.0. The van der Waals surface area contributed by atoms with Gasteiger partial charge in [-0.2, -0.15) is 0 Å². The van der Waals surface area contributed by atoms with Crippen molar-refractivity contribution in [2.45, 2.75) is 57.1 Å². The summed E-state index contributed by atoms with van der Waals surface area (Å²) in [7, 11) is 0. The minimum absolute atomic E-state index is 0.0540. The third-order valence-electron chi connectivity index (χ3n) is 8.18. The molecule has 4 atom stereocenters. The fraction of sp³-hybridized carbons (Fsp3) is 0.897. The van der Waals surface area contributed by atoms with E-state index in [-0.39, 0.29) is 18.7 Å². The Morgan fingerprint density at radius 1 is 0.532 bits per heavy atom. The molecular weight excluding hydrogens is 828 g/mol. The molecule has 0 bridgehead atoms. The fourth-order valence-electron chi connectivity index (χ4n) is 4.69. The molecule has 364 valence electrons. The monoisotopic (exact) mass is 902 g/mol. The van der Waals surface area contributed by atoms with Gasteiger partial charge in [-0.3, -0.25) is 9.59 Å². The molecule has 1 heterocycles. The predicted octanol–water partition coefficient (Wildman–Crippen LogP) is -3.06. The van der Waals surface area contributed by atoms with E-state index in [1.807, 2.05) is 0 Å². The van der Waals surface area contributed by atoms with Crippen LogP contribution >= 0.6 is 0 Å². The predicted molar refractivity (Wildman–Crippen MR) is 218 cm³/mol. The molecule has 1 amide bonds. The average Bonchev–Trinajstić information content (AvgIpc) is 3.73. The number of hydrogen-bond acceptors (Lipinski definition) is 21. The molecule has 1 rings (SSSR count). The largest absolute Gasteiger partial charge is 0.394 e. The molecule has 0 unspecified atom stereocenters. The van der Waals surface area contributed by atoms with Gasteiger partial charge in [0.25, 0.3) is 0 Å². The Hall–Kier alpha value is -2.40. The van der Waals surface area contributed by atoms with Crippen molar-refractivity contribution in [3.05, 3.63) is 11.9 Å². The van der Waals surface area contributed by atoms with E-state index < -0.39 is 36.9 Å². The summed E-state index contributed by atoms with van der Waals surface area (Å²) in [5.41, 5.74) is 0.587. The number of nitrogens with zero attached hydrogens (tertiary/aromatic N) is 3. The summed E-state index contributed by atoms with van der Waals surface area (Å²) in [5, 5.41) is 58.0. The highest BCUT2D eigenvalue weighted by atomic mass is 16.6. The smallest absolute Gasteiger partial charge is 0.220 e. The number of hydrogen-bond donors (Lipinski definition) is 6. The summed E-state index contributed by atoms with van der Waals surface area (Å²) >= 11 is 0. The molecule has 0 saturated carbocycles. The maximum Gasteiger partial charge on any atom is 0.220 e. The molecular formula is C39H74N4O19. The van der Waals surface area contributed by atoms with E-state index in [0.717, 1.165) is 0 Å². The molecule has 23 heteroatoms. The Kier molecular flexibility index (Phi) is 39.5. The Morgan fingerprint density at radius 2 is 0.871 bits per heavy atom. The number of ether oxygens (including phenoxy) is 12. The molecule has 0 aromatic carbocycles. The van der Waals surface area contributed by atoms with Gasteiger partial charge in [-0.05, 0) is 6.92 Å². The van der Waals surface area contributed by atoms with Crippen LogP contribution in [0.4, 0.5) is 0 Å². The van der Waals surface area contributed by atoms with Crippen LogP contribution in [0.2, 0.25) is 0 Å². The molecule has 0 radical (unpaired) electrons. The summed E-state index contributed by atoms with van der Waals surface area (Å²) < 4.78 is 67.1. The maximum atomic E-state index is 12.1. The van der Waals surface area contributed by atoms with Crippen molar-refractivity contribution in [3.63, 3.8) is 0 Å². The van der Waals surface area contributed by atoms with Gasteiger partial charge in [0.15, 0.2) is 0 Å². The standard InChI is InChI=1S/C39H74N4O19/c1-33(45)4-6-51-8-10-53-12-14-55-16-18-57-20-22-59-24-26-61-28-29-62-27-25-60-23-21-58-19-17-56-15-13-54-11-9-52-7-5-43-31-34(41-42-43)2-3-37(48)40-30-35(46)38(49)39(50)36(47)32-44/h31,35-36,38-39,44,46-47,49-50H,2-30,32H2,1H3,(H,40,48)/t35-,36+,38+,39+/m0/s1. The average molecular weight is 903 g/mol. The second kappa shape index (κ2) is 42.5. The van der Waals surface area contributed by atoms with E-state index in [2.05, 4.69) is 15.6 Å². The summed E-state index contributed by atoms with van der Waals surface area (Å²) in [6, 6.07) is 0. The highest BCUT2D eigenvalue weighted by Crippen LogP contribution is 2.05. The molecule has 62 heavy (non-hydrogen) atoms. The molecule has 1 aromatic rings. The minimum atomic E-state index is -1.76. The molecule has 0 fully saturated rings. The van der Waals surface area contributed by atoms with Crippen LogP contribution in [-0.2, 0) is 79.4 Å². The lowest BCUT2D eigenvalue weighted by Crippen LogP contribution is -2.49. The maximum absolute atomic E-state index is 12.1. The Morgan fingerprint density at radius 3 is 1.23 bits per heavy atom. The first-order valence-electron chi connectivity index (χ1n) is 21.2. The number of Topliss-reactive ketones (excluding diaryl/α,β-unsaturated/α-hetero) is 1. The van der Waals surface area contributed by atoms with Crippen LogP contribution in [0.3, 0.4) is 0 Å². The SMILES string of the molecule is CC(=O)CCOCCOCCOCCOCCOCCOCCOCCOCCOCCOCCOCCOCCn1cc(CCC(=O)NC[C@H](O)[C@@H](O)[C@H](O)[C@H](O)CO)nn1. The van der Waals surface area contributed by atoms with Gasteiger partial charge in [-0.15, -0.1) is 5.10 Å². The van der Waals surface area contributed by atoms with E-state index in [1.54, 1.807) is 17.8 Å². The first-order valence-corrected chi connectivity index (χ1v) is 21.2. The summed E-state index contributed by atoms with van der Waals surface area (Å²) in [4.78, 5) is 22.9. The zero-order valence-electron chi connectivity index (χ0n) is 36.4. The van der Waals surface area contributed by atoms with Gasteiger partial charge in [-0.1, -0.05) is 5.21 Å². The second-order valence-corrected chi connectivity index (χ2v) is 13.4. The number of ketones is 1. The first kappa shape index (κ1) is 57.6. The lowest BCUT2D eigenvalue weighted by molar-refractivity contribution is -0.126. The number of nitrogens with one attached hydrogen (secondary N) is 1. The topological polar surface area (TPSA) is 289 Å². The molecule has 23 nitrogen and oxygen atoms in total. The normalized spacial score (nSPS) is 13.6. The van der Waals surface area contributed by atoms with E-state index in [9.17, 15) is 30.0 Å². The van der Waals surface area contributed by atoms with Gasteiger partial charge in [0.2, 0.25) is 5.91 Å². The van der Waals surface area contributed by atoms with Crippen molar-refractivity contribution in [1.29, 1.82) is 0 Å². The van der Waals surface area contributed by atoms with E-state index in [4.69, 9.17) is 61.9 Å². The molecule has 0 saturated heterocycles. The first-order chi connectivity index (χ1) is 30.2. The van der Waals surface area contributed by atoms with Crippen molar-refractivity contribution in [3.8, 4) is 0 Å². The van der Waals surface area contributed by atoms with Gasteiger partial charge in [0.1, 0.15) is 24.1 Å². The number of aliphatic hydroxyl groups excluding tert-OH is 5. The van der Waals surface area contributed by atoms with Crippen LogP contribution in [0.15, 0.2) is 6.20 Å². The zero-order valence-corrected chi connectivity index (χ0v) is 36.4. The van der Waals surface area contributed by atoms with Gasteiger partial charge < -0.3 is 87.7 Å². The number of carbonyl (C=O) groups excluding carboxylic acids is 2. The Balaban J connectivity index is 1.75.